The van der Waals surface area contributed by atoms with Crippen LogP contribution in [0.1, 0.15) is 72.6 Å². The van der Waals surface area contributed by atoms with Crippen molar-refractivity contribution in [2.75, 3.05) is 31.6 Å². The van der Waals surface area contributed by atoms with E-state index in [2.05, 4.69) is 24.1 Å². The number of likely N-dealkylation sites (tertiary alicyclic amines) is 1. The molecule has 5 nitrogen and oxygen atoms in total. The van der Waals surface area contributed by atoms with Gasteiger partial charge in [-0.2, -0.15) is 0 Å². The lowest BCUT2D eigenvalue weighted by molar-refractivity contribution is -0.139. The predicted octanol–water partition coefficient (Wildman–Crippen LogP) is 5.25. The molecule has 1 aliphatic rings. The standard InChI is InChI=1S/C24H40N2O3/c1-5-7-9-16-24(4,29-6-2)23(27)25-21-12-14-22(15-13-21)28-19-18-26-17-10-8-11-20(26)3/h12-15,20H,5-11,16-19H2,1-4H3,(H,25,27)/t20-,24-/m1/s1. The van der Waals surface area contributed by atoms with Gasteiger partial charge in [0.15, 0.2) is 0 Å². The number of rotatable bonds is 12. The van der Waals surface area contributed by atoms with Crippen LogP contribution in [0.2, 0.25) is 0 Å². The molecule has 1 N–H and O–H groups in total. The normalized spacial score (nSPS) is 19.5. The molecule has 29 heavy (non-hydrogen) atoms. The first-order valence-electron chi connectivity index (χ1n) is 11.4. The molecular formula is C24H40N2O3. The van der Waals surface area contributed by atoms with Crippen LogP contribution < -0.4 is 10.1 Å². The van der Waals surface area contributed by atoms with E-state index < -0.39 is 5.60 Å². The van der Waals surface area contributed by atoms with E-state index in [1.54, 1.807) is 0 Å². The Labute approximate surface area is 177 Å². The summed E-state index contributed by atoms with van der Waals surface area (Å²) < 4.78 is 11.7. The van der Waals surface area contributed by atoms with E-state index in [1.807, 2.05) is 38.1 Å². The Morgan fingerprint density at radius 1 is 1.21 bits per heavy atom. The third-order valence-corrected chi connectivity index (χ3v) is 5.90. The number of hydrogen-bond donors (Lipinski definition) is 1. The number of nitrogens with zero attached hydrogens (tertiary/aromatic N) is 1. The van der Waals surface area contributed by atoms with Gasteiger partial charge in [0, 0.05) is 24.9 Å². The molecule has 1 aliphatic heterocycles. The summed E-state index contributed by atoms with van der Waals surface area (Å²) in [6.45, 7) is 11.6. The molecule has 0 aliphatic carbocycles. The van der Waals surface area contributed by atoms with Crippen molar-refractivity contribution in [1.29, 1.82) is 0 Å². The van der Waals surface area contributed by atoms with Crippen molar-refractivity contribution >= 4 is 11.6 Å². The number of carbonyl (C=O) groups is 1. The van der Waals surface area contributed by atoms with Crippen LogP contribution in [0.25, 0.3) is 0 Å². The highest BCUT2D eigenvalue weighted by molar-refractivity contribution is 5.97. The highest BCUT2D eigenvalue weighted by atomic mass is 16.5. The van der Waals surface area contributed by atoms with Crippen LogP contribution in [0, 0.1) is 0 Å². The largest absolute Gasteiger partial charge is 0.492 e. The molecule has 1 aromatic rings. The number of amides is 1. The molecule has 1 aromatic carbocycles. The average molecular weight is 405 g/mol. The van der Waals surface area contributed by atoms with Crippen molar-refractivity contribution in [3.63, 3.8) is 0 Å². The molecule has 0 bridgehead atoms. The van der Waals surface area contributed by atoms with Crippen LogP contribution in [-0.4, -0.2) is 48.8 Å². The zero-order chi connectivity index (χ0) is 21.1. The van der Waals surface area contributed by atoms with Gasteiger partial charge in [-0.1, -0.05) is 32.6 Å². The second-order valence-electron chi connectivity index (χ2n) is 8.33. The predicted molar refractivity (Wildman–Crippen MR) is 120 cm³/mol. The Morgan fingerprint density at radius 2 is 1.97 bits per heavy atom. The second kappa shape index (κ2) is 12.2. The van der Waals surface area contributed by atoms with Gasteiger partial charge < -0.3 is 14.8 Å². The lowest BCUT2D eigenvalue weighted by atomic mass is 9.96. The number of unbranched alkanes of at least 4 members (excludes halogenated alkanes) is 2. The molecule has 0 aromatic heterocycles. The maximum atomic E-state index is 12.8. The van der Waals surface area contributed by atoms with Gasteiger partial charge in [0.25, 0.3) is 5.91 Å². The molecule has 1 amide bonds. The Bertz CT molecular complexity index is 605. The van der Waals surface area contributed by atoms with Crippen LogP contribution in [0.3, 0.4) is 0 Å². The second-order valence-corrected chi connectivity index (χ2v) is 8.33. The van der Waals surface area contributed by atoms with Crippen molar-refractivity contribution in [1.82, 2.24) is 4.90 Å². The Hall–Kier alpha value is -1.59. The lowest BCUT2D eigenvalue weighted by Crippen LogP contribution is -2.42. The molecule has 0 saturated carbocycles. The summed E-state index contributed by atoms with van der Waals surface area (Å²) in [6, 6.07) is 8.29. The number of benzene rings is 1. The molecule has 1 fully saturated rings. The van der Waals surface area contributed by atoms with Gasteiger partial charge in [0.2, 0.25) is 0 Å². The molecule has 0 spiro atoms. The zero-order valence-electron chi connectivity index (χ0n) is 18.8. The fraction of sp³-hybridized carbons (Fsp3) is 0.708. The highest BCUT2D eigenvalue weighted by Gasteiger charge is 2.33. The minimum atomic E-state index is -0.787. The summed E-state index contributed by atoms with van der Waals surface area (Å²) in [7, 11) is 0. The van der Waals surface area contributed by atoms with Crippen molar-refractivity contribution < 1.29 is 14.3 Å². The van der Waals surface area contributed by atoms with Gasteiger partial charge in [-0.3, -0.25) is 9.69 Å². The number of anilines is 1. The van der Waals surface area contributed by atoms with Crippen molar-refractivity contribution in [2.45, 2.75) is 84.3 Å². The molecule has 1 heterocycles. The number of hydrogen-bond acceptors (Lipinski definition) is 4. The topological polar surface area (TPSA) is 50.8 Å². The molecule has 164 valence electrons. The summed E-state index contributed by atoms with van der Waals surface area (Å²) in [5.41, 5.74) is -0.0158. The van der Waals surface area contributed by atoms with Gasteiger partial charge in [0.05, 0.1) is 0 Å². The van der Waals surface area contributed by atoms with Crippen LogP contribution in [0.4, 0.5) is 5.69 Å². The van der Waals surface area contributed by atoms with Gasteiger partial charge in [-0.15, -0.1) is 0 Å². The first-order valence-corrected chi connectivity index (χ1v) is 11.4. The van der Waals surface area contributed by atoms with E-state index in [0.717, 1.165) is 43.7 Å². The van der Waals surface area contributed by atoms with Gasteiger partial charge in [0.1, 0.15) is 18.0 Å². The SMILES string of the molecule is CCCCC[C@@](C)(OCC)C(=O)Nc1ccc(OCCN2CCCC[C@H]2C)cc1. The number of carbonyl (C=O) groups excluding carboxylic acids is 1. The molecule has 0 unspecified atom stereocenters. The number of piperidine rings is 1. The van der Waals surface area contributed by atoms with Crippen LogP contribution in [0.15, 0.2) is 24.3 Å². The van der Waals surface area contributed by atoms with Crippen LogP contribution in [0.5, 0.6) is 5.75 Å². The van der Waals surface area contributed by atoms with E-state index in [0.29, 0.717) is 19.3 Å². The van der Waals surface area contributed by atoms with E-state index in [9.17, 15) is 4.79 Å². The third-order valence-electron chi connectivity index (χ3n) is 5.90. The summed E-state index contributed by atoms with van der Waals surface area (Å²) >= 11 is 0. The van der Waals surface area contributed by atoms with Gasteiger partial charge in [-0.05, 0) is 70.8 Å². The van der Waals surface area contributed by atoms with E-state index in [-0.39, 0.29) is 5.91 Å². The maximum absolute atomic E-state index is 12.8. The van der Waals surface area contributed by atoms with Crippen molar-refractivity contribution in [2.24, 2.45) is 0 Å². The molecule has 2 rings (SSSR count). The summed E-state index contributed by atoms with van der Waals surface area (Å²) in [6.07, 6.45) is 7.87. The third kappa shape index (κ3) is 7.63. The minimum Gasteiger partial charge on any atom is -0.492 e. The van der Waals surface area contributed by atoms with Gasteiger partial charge in [-0.25, -0.2) is 0 Å². The average Bonchev–Trinajstić information content (AvgIpc) is 2.71. The zero-order valence-corrected chi connectivity index (χ0v) is 18.8. The molecular weight excluding hydrogens is 364 g/mol. The monoisotopic (exact) mass is 404 g/mol. The molecule has 1 saturated heterocycles. The minimum absolute atomic E-state index is 0.0804. The first kappa shape index (κ1) is 23.7. The molecule has 2 atom stereocenters. The van der Waals surface area contributed by atoms with Crippen molar-refractivity contribution in [3.8, 4) is 5.75 Å². The van der Waals surface area contributed by atoms with E-state index >= 15 is 0 Å². The first-order chi connectivity index (χ1) is 14.0. The maximum Gasteiger partial charge on any atom is 0.256 e. The quantitative estimate of drug-likeness (QED) is 0.483. The summed E-state index contributed by atoms with van der Waals surface area (Å²) in [5.74, 6) is 0.756. The van der Waals surface area contributed by atoms with Crippen molar-refractivity contribution in [3.05, 3.63) is 24.3 Å². The van der Waals surface area contributed by atoms with E-state index in [1.165, 1.54) is 25.8 Å². The summed E-state index contributed by atoms with van der Waals surface area (Å²) in [4.78, 5) is 15.3. The number of ether oxygens (including phenoxy) is 2. The number of nitrogens with one attached hydrogen (secondary N) is 1. The van der Waals surface area contributed by atoms with Crippen LogP contribution >= 0.6 is 0 Å². The highest BCUT2D eigenvalue weighted by Crippen LogP contribution is 2.23. The van der Waals surface area contributed by atoms with E-state index in [4.69, 9.17) is 9.47 Å². The summed E-state index contributed by atoms with van der Waals surface area (Å²) in [5, 5.41) is 3.01. The Balaban J connectivity index is 1.82. The fourth-order valence-electron chi connectivity index (χ4n) is 3.95. The fourth-order valence-corrected chi connectivity index (χ4v) is 3.95. The smallest absolute Gasteiger partial charge is 0.256 e. The Kier molecular flexibility index (Phi) is 9.95. The Morgan fingerprint density at radius 3 is 2.62 bits per heavy atom. The lowest BCUT2D eigenvalue weighted by Gasteiger charge is -2.33. The molecule has 0 radical (unpaired) electrons. The molecule has 5 heteroatoms. The van der Waals surface area contributed by atoms with Gasteiger partial charge >= 0.3 is 0 Å². The van der Waals surface area contributed by atoms with Crippen LogP contribution in [-0.2, 0) is 9.53 Å².